The molecule has 3 heterocycles. The Morgan fingerprint density at radius 2 is 1.20 bits per heavy atom. The average molecular weight is 641 g/mol. The third kappa shape index (κ3) is 4.15. The number of pyridine rings is 1. The van der Waals surface area contributed by atoms with Gasteiger partial charge in [0.1, 0.15) is 0 Å². The van der Waals surface area contributed by atoms with Crippen molar-refractivity contribution in [3.63, 3.8) is 0 Å². The lowest BCUT2D eigenvalue weighted by Crippen LogP contribution is -2.16. The van der Waals surface area contributed by atoms with E-state index in [1.165, 1.54) is 49.3 Å². The van der Waals surface area contributed by atoms with E-state index in [1.54, 1.807) is 0 Å². The fourth-order valence-corrected chi connectivity index (χ4v) is 8.23. The van der Waals surface area contributed by atoms with Gasteiger partial charge in [0.2, 0.25) is 0 Å². The highest BCUT2D eigenvalue weighted by Crippen LogP contribution is 2.56. The lowest BCUT2D eigenvalue weighted by molar-refractivity contribution is 0.664. The number of fused-ring (bicyclic) bond motifs is 10. The largest absolute Gasteiger partial charge is 0.307 e. The van der Waals surface area contributed by atoms with Gasteiger partial charge in [0.15, 0.2) is 5.82 Å². The molecule has 10 rings (SSSR count). The minimum atomic E-state index is -0.219. The van der Waals surface area contributed by atoms with Gasteiger partial charge in [-0.1, -0.05) is 135 Å². The van der Waals surface area contributed by atoms with Crippen molar-refractivity contribution in [2.24, 2.45) is 0 Å². The molecule has 0 unspecified atom stereocenters. The highest BCUT2D eigenvalue weighted by molar-refractivity contribution is 6.26. The summed E-state index contributed by atoms with van der Waals surface area (Å²) >= 11 is 0. The molecule has 0 amide bonds. The molecule has 50 heavy (non-hydrogen) atoms. The van der Waals surface area contributed by atoms with Crippen LogP contribution in [0.2, 0.25) is 0 Å². The SMILES string of the molecule is CC1(C)c2ccccc2-c2c1c1c(c3ccccc23)c2ccncc2n1-c1cccc(-c2nc(-c3ccccc3)cc(-c3ccccc3)n2)c1. The molecule has 0 saturated carbocycles. The van der Waals surface area contributed by atoms with Crippen molar-refractivity contribution in [3.05, 3.63) is 169 Å². The molecule has 0 fully saturated rings. The van der Waals surface area contributed by atoms with Crippen LogP contribution in [0.4, 0.5) is 0 Å². The molecule has 0 bridgehead atoms. The van der Waals surface area contributed by atoms with E-state index in [-0.39, 0.29) is 5.41 Å². The number of benzene rings is 6. The van der Waals surface area contributed by atoms with Gasteiger partial charge in [-0.05, 0) is 57.3 Å². The molecule has 0 saturated heterocycles. The Hall–Kier alpha value is -6.39. The van der Waals surface area contributed by atoms with E-state index in [0.29, 0.717) is 5.82 Å². The molecule has 0 spiro atoms. The third-order valence-electron chi connectivity index (χ3n) is 10.4. The fourth-order valence-electron chi connectivity index (χ4n) is 8.23. The van der Waals surface area contributed by atoms with Crippen molar-refractivity contribution >= 4 is 32.6 Å². The van der Waals surface area contributed by atoms with Crippen molar-refractivity contribution < 1.29 is 0 Å². The summed E-state index contributed by atoms with van der Waals surface area (Å²) in [6, 6.07) is 51.5. The lowest BCUT2D eigenvalue weighted by Gasteiger charge is -2.24. The molecule has 0 atom stereocenters. The van der Waals surface area contributed by atoms with E-state index in [4.69, 9.17) is 9.97 Å². The quantitative estimate of drug-likeness (QED) is 0.192. The molecule has 0 N–H and O–H groups in total. The van der Waals surface area contributed by atoms with E-state index < -0.39 is 0 Å². The Morgan fingerprint density at radius 3 is 1.94 bits per heavy atom. The maximum absolute atomic E-state index is 5.16. The zero-order valence-electron chi connectivity index (χ0n) is 27.8. The first-order valence-corrected chi connectivity index (χ1v) is 17.1. The lowest BCUT2D eigenvalue weighted by atomic mass is 9.80. The first-order chi connectivity index (χ1) is 24.6. The fraction of sp³-hybridized carbons (Fsp3) is 0.0652. The van der Waals surface area contributed by atoms with Crippen LogP contribution in [0, 0.1) is 0 Å². The summed E-state index contributed by atoms with van der Waals surface area (Å²) < 4.78 is 2.43. The maximum Gasteiger partial charge on any atom is 0.160 e. The van der Waals surface area contributed by atoms with Crippen LogP contribution in [-0.2, 0) is 5.41 Å². The van der Waals surface area contributed by atoms with Gasteiger partial charge in [-0.25, -0.2) is 9.97 Å². The molecule has 9 aromatic rings. The van der Waals surface area contributed by atoms with Crippen molar-refractivity contribution in [2.45, 2.75) is 19.3 Å². The monoisotopic (exact) mass is 640 g/mol. The summed E-state index contributed by atoms with van der Waals surface area (Å²) in [5.74, 6) is 0.689. The van der Waals surface area contributed by atoms with Crippen molar-refractivity contribution in [3.8, 4) is 50.7 Å². The number of aromatic nitrogens is 4. The van der Waals surface area contributed by atoms with Crippen LogP contribution in [0.5, 0.6) is 0 Å². The van der Waals surface area contributed by atoms with Crippen LogP contribution in [0.25, 0.3) is 83.3 Å². The molecule has 6 aromatic carbocycles. The Bertz CT molecular complexity index is 2720. The van der Waals surface area contributed by atoms with Crippen LogP contribution in [0.1, 0.15) is 25.0 Å². The van der Waals surface area contributed by atoms with Gasteiger partial charge in [-0.15, -0.1) is 0 Å². The van der Waals surface area contributed by atoms with E-state index in [1.807, 2.05) is 24.5 Å². The molecule has 236 valence electrons. The third-order valence-corrected chi connectivity index (χ3v) is 10.4. The second-order valence-electron chi connectivity index (χ2n) is 13.7. The molecule has 0 aliphatic heterocycles. The molecule has 4 nitrogen and oxygen atoms in total. The van der Waals surface area contributed by atoms with Crippen molar-refractivity contribution in [1.29, 1.82) is 0 Å². The van der Waals surface area contributed by atoms with E-state index >= 15 is 0 Å². The van der Waals surface area contributed by atoms with Crippen molar-refractivity contribution in [2.75, 3.05) is 0 Å². The second kappa shape index (κ2) is 10.8. The molecular weight excluding hydrogens is 609 g/mol. The van der Waals surface area contributed by atoms with Gasteiger partial charge in [0.25, 0.3) is 0 Å². The van der Waals surface area contributed by atoms with E-state index in [9.17, 15) is 0 Å². The van der Waals surface area contributed by atoms with Crippen LogP contribution < -0.4 is 0 Å². The smallest absolute Gasteiger partial charge is 0.160 e. The van der Waals surface area contributed by atoms with Gasteiger partial charge < -0.3 is 4.57 Å². The zero-order chi connectivity index (χ0) is 33.4. The Kier molecular flexibility index (Phi) is 6.19. The van der Waals surface area contributed by atoms with Gasteiger partial charge in [0.05, 0.1) is 28.6 Å². The van der Waals surface area contributed by atoms with Crippen LogP contribution in [0.15, 0.2) is 158 Å². The van der Waals surface area contributed by atoms with Crippen LogP contribution in [-0.4, -0.2) is 19.5 Å². The average Bonchev–Trinajstić information content (AvgIpc) is 3.65. The molecular formula is C46H32N4. The highest BCUT2D eigenvalue weighted by atomic mass is 15.0. The number of nitrogens with zero attached hydrogens (tertiary/aromatic N) is 4. The Labute approximate surface area is 290 Å². The first kappa shape index (κ1) is 28.6. The number of hydrogen-bond acceptors (Lipinski definition) is 3. The van der Waals surface area contributed by atoms with Crippen molar-refractivity contribution in [1.82, 2.24) is 19.5 Å². The van der Waals surface area contributed by atoms with E-state index in [0.717, 1.165) is 39.3 Å². The molecule has 3 aromatic heterocycles. The molecule has 0 radical (unpaired) electrons. The van der Waals surface area contributed by atoms with Crippen LogP contribution in [0.3, 0.4) is 0 Å². The van der Waals surface area contributed by atoms with Gasteiger partial charge in [-0.2, -0.15) is 0 Å². The number of hydrogen-bond donors (Lipinski definition) is 0. The zero-order valence-corrected chi connectivity index (χ0v) is 27.8. The summed E-state index contributed by atoms with van der Waals surface area (Å²) in [6.45, 7) is 4.74. The van der Waals surface area contributed by atoms with Gasteiger partial charge in [0, 0.05) is 44.8 Å². The summed E-state index contributed by atoms with van der Waals surface area (Å²) in [7, 11) is 0. The molecule has 1 aliphatic carbocycles. The molecule has 1 aliphatic rings. The summed E-state index contributed by atoms with van der Waals surface area (Å²) in [5, 5.41) is 5.00. The molecule has 4 heteroatoms. The maximum atomic E-state index is 5.16. The minimum absolute atomic E-state index is 0.219. The Morgan fingerprint density at radius 1 is 0.560 bits per heavy atom. The summed E-state index contributed by atoms with van der Waals surface area (Å²) in [6.07, 6.45) is 3.93. The normalized spacial score (nSPS) is 13.2. The van der Waals surface area contributed by atoms with Gasteiger partial charge >= 0.3 is 0 Å². The summed E-state index contributed by atoms with van der Waals surface area (Å²) in [5.41, 5.74) is 13.3. The van der Waals surface area contributed by atoms with E-state index in [2.05, 4.69) is 157 Å². The Balaban J connectivity index is 1.28. The predicted octanol–water partition coefficient (Wildman–Crippen LogP) is 11.4. The standard InChI is InChI=1S/C46H32N4/c1-46(2)37-23-12-11-22-35(37)41-33-20-9-10-21-34(33)42-36-24-25-47-28-40(36)50(44(42)43(41)46)32-19-13-18-31(26-32)45-48-38(29-14-5-3-6-15-29)27-39(49-45)30-16-7-4-8-17-30/h3-28H,1-2H3. The predicted molar refractivity (Wildman–Crippen MR) is 206 cm³/mol. The van der Waals surface area contributed by atoms with Gasteiger partial charge in [-0.3, -0.25) is 4.98 Å². The highest BCUT2D eigenvalue weighted by Gasteiger charge is 2.40. The minimum Gasteiger partial charge on any atom is -0.307 e. The topological polar surface area (TPSA) is 43.6 Å². The number of rotatable bonds is 4. The first-order valence-electron chi connectivity index (χ1n) is 17.1. The summed E-state index contributed by atoms with van der Waals surface area (Å²) in [4.78, 5) is 15.0. The van der Waals surface area contributed by atoms with Crippen LogP contribution >= 0.6 is 0 Å². The second-order valence-corrected chi connectivity index (χ2v) is 13.7.